The van der Waals surface area contributed by atoms with Crippen LogP contribution in [-0.4, -0.2) is 11.9 Å². The fourth-order valence-electron chi connectivity index (χ4n) is 2.47. The van der Waals surface area contributed by atoms with Gasteiger partial charge in [-0.1, -0.05) is 24.3 Å². The Morgan fingerprint density at radius 1 is 1.17 bits per heavy atom. The second kappa shape index (κ2) is 4.58. The Balaban J connectivity index is 1.68. The number of hydrogen-bond donors (Lipinski definition) is 1. The number of rotatable bonds is 2. The van der Waals surface area contributed by atoms with Crippen LogP contribution in [0.4, 0.5) is 0 Å². The van der Waals surface area contributed by atoms with Gasteiger partial charge in [-0.25, -0.2) is 0 Å². The average molecular weight is 257 g/mol. The van der Waals surface area contributed by atoms with E-state index in [2.05, 4.69) is 29.6 Å². The SMILES string of the molecule is Cc1ccc(C(=O)NC2Cc3ccccc3C2)s1. The van der Waals surface area contributed by atoms with Crippen molar-refractivity contribution >= 4 is 17.2 Å². The molecule has 3 rings (SSSR count). The first-order valence-electron chi connectivity index (χ1n) is 6.16. The molecule has 0 fully saturated rings. The van der Waals surface area contributed by atoms with Crippen LogP contribution < -0.4 is 5.32 Å². The summed E-state index contributed by atoms with van der Waals surface area (Å²) in [5, 5.41) is 3.13. The summed E-state index contributed by atoms with van der Waals surface area (Å²) in [5.74, 6) is 0.0610. The summed E-state index contributed by atoms with van der Waals surface area (Å²) in [6.07, 6.45) is 1.90. The Hall–Kier alpha value is -1.61. The van der Waals surface area contributed by atoms with E-state index in [4.69, 9.17) is 0 Å². The highest BCUT2D eigenvalue weighted by Gasteiger charge is 2.23. The number of fused-ring (bicyclic) bond motifs is 1. The summed E-state index contributed by atoms with van der Waals surface area (Å²) >= 11 is 1.55. The first-order chi connectivity index (χ1) is 8.72. The highest BCUT2D eigenvalue weighted by Crippen LogP contribution is 2.22. The van der Waals surface area contributed by atoms with Crippen molar-refractivity contribution in [1.82, 2.24) is 5.32 Å². The molecule has 18 heavy (non-hydrogen) atoms. The van der Waals surface area contributed by atoms with Crippen molar-refractivity contribution in [3.8, 4) is 0 Å². The first-order valence-corrected chi connectivity index (χ1v) is 6.98. The molecule has 1 aliphatic rings. The van der Waals surface area contributed by atoms with Gasteiger partial charge in [-0.3, -0.25) is 4.79 Å². The number of carbonyl (C=O) groups excluding carboxylic acids is 1. The van der Waals surface area contributed by atoms with Crippen molar-refractivity contribution in [3.63, 3.8) is 0 Å². The second-order valence-corrected chi connectivity index (χ2v) is 6.05. The van der Waals surface area contributed by atoms with Crippen LogP contribution in [0.15, 0.2) is 36.4 Å². The van der Waals surface area contributed by atoms with E-state index in [1.54, 1.807) is 11.3 Å². The monoisotopic (exact) mass is 257 g/mol. The van der Waals surface area contributed by atoms with E-state index >= 15 is 0 Å². The van der Waals surface area contributed by atoms with Crippen molar-refractivity contribution in [1.29, 1.82) is 0 Å². The number of hydrogen-bond acceptors (Lipinski definition) is 2. The minimum absolute atomic E-state index is 0.0610. The Bertz CT molecular complexity index is 563. The molecule has 0 aliphatic heterocycles. The summed E-state index contributed by atoms with van der Waals surface area (Å²) in [5.41, 5.74) is 2.73. The number of thiophene rings is 1. The van der Waals surface area contributed by atoms with Crippen molar-refractivity contribution in [2.75, 3.05) is 0 Å². The molecule has 1 heterocycles. The predicted molar refractivity (Wildman–Crippen MR) is 74.2 cm³/mol. The molecule has 0 radical (unpaired) electrons. The van der Waals surface area contributed by atoms with Crippen LogP contribution in [0.1, 0.15) is 25.7 Å². The zero-order valence-corrected chi connectivity index (χ0v) is 11.1. The van der Waals surface area contributed by atoms with E-state index in [1.165, 1.54) is 16.0 Å². The maximum atomic E-state index is 12.1. The maximum absolute atomic E-state index is 12.1. The highest BCUT2D eigenvalue weighted by molar-refractivity contribution is 7.13. The van der Waals surface area contributed by atoms with Crippen LogP contribution in [0.5, 0.6) is 0 Å². The summed E-state index contributed by atoms with van der Waals surface area (Å²) in [6, 6.07) is 12.6. The zero-order valence-electron chi connectivity index (χ0n) is 10.3. The van der Waals surface area contributed by atoms with Crippen LogP contribution in [0, 0.1) is 6.92 Å². The number of benzene rings is 1. The molecule has 1 aromatic heterocycles. The average Bonchev–Trinajstić information content (AvgIpc) is 2.94. The lowest BCUT2D eigenvalue weighted by molar-refractivity contribution is 0.0942. The minimum atomic E-state index is 0.0610. The van der Waals surface area contributed by atoms with E-state index in [9.17, 15) is 4.79 Å². The van der Waals surface area contributed by atoms with Crippen molar-refractivity contribution in [3.05, 3.63) is 57.3 Å². The van der Waals surface area contributed by atoms with Crippen LogP contribution in [0.2, 0.25) is 0 Å². The zero-order chi connectivity index (χ0) is 12.5. The standard InChI is InChI=1S/C15H15NOS/c1-10-6-7-14(18-10)15(17)16-13-8-11-4-2-3-5-12(11)9-13/h2-7,13H,8-9H2,1H3,(H,16,17). The molecule has 1 aliphatic carbocycles. The van der Waals surface area contributed by atoms with Gasteiger partial charge < -0.3 is 5.32 Å². The third-order valence-electron chi connectivity index (χ3n) is 3.35. The number of nitrogens with one attached hydrogen (secondary N) is 1. The number of aryl methyl sites for hydroxylation is 1. The molecule has 0 saturated heterocycles. The largest absolute Gasteiger partial charge is 0.348 e. The molecule has 0 bridgehead atoms. The van der Waals surface area contributed by atoms with Crippen LogP contribution >= 0.6 is 11.3 Å². The lowest BCUT2D eigenvalue weighted by Gasteiger charge is -2.10. The van der Waals surface area contributed by atoms with E-state index in [1.807, 2.05) is 19.1 Å². The topological polar surface area (TPSA) is 29.1 Å². The third kappa shape index (κ3) is 2.18. The molecule has 2 aromatic rings. The highest BCUT2D eigenvalue weighted by atomic mass is 32.1. The molecule has 92 valence electrons. The van der Waals surface area contributed by atoms with Gasteiger partial charge in [-0.2, -0.15) is 0 Å². The Morgan fingerprint density at radius 3 is 2.39 bits per heavy atom. The summed E-state index contributed by atoms with van der Waals surface area (Å²) < 4.78 is 0. The predicted octanol–water partition coefficient (Wildman–Crippen LogP) is 2.95. The Kier molecular flexibility index (Phi) is 2.92. The smallest absolute Gasteiger partial charge is 0.261 e. The van der Waals surface area contributed by atoms with Gasteiger partial charge in [0.1, 0.15) is 0 Å². The van der Waals surface area contributed by atoms with Gasteiger partial charge >= 0.3 is 0 Å². The van der Waals surface area contributed by atoms with E-state index in [0.29, 0.717) is 0 Å². The molecule has 1 N–H and O–H groups in total. The quantitative estimate of drug-likeness (QED) is 0.880. The molecule has 0 unspecified atom stereocenters. The number of carbonyl (C=O) groups is 1. The van der Waals surface area contributed by atoms with Gasteiger partial charge in [-0.15, -0.1) is 11.3 Å². The molecule has 3 heteroatoms. The molecule has 2 nitrogen and oxygen atoms in total. The van der Waals surface area contributed by atoms with Gasteiger partial charge in [0.2, 0.25) is 0 Å². The van der Waals surface area contributed by atoms with Gasteiger partial charge in [0.15, 0.2) is 0 Å². The van der Waals surface area contributed by atoms with Gasteiger partial charge in [0.05, 0.1) is 4.88 Å². The van der Waals surface area contributed by atoms with Crippen molar-refractivity contribution in [2.24, 2.45) is 0 Å². The van der Waals surface area contributed by atoms with Gasteiger partial charge in [-0.05, 0) is 43.0 Å². The molecule has 0 spiro atoms. The molecule has 0 atom stereocenters. The first kappa shape index (κ1) is 11.5. The minimum Gasteiger partial charge on any atom is -0.348 e. The Morgan fingerprint density at radius 2 is 1.83 bits per heavy atom. The lowest BCUT2D eigenvalue weighted by atomic mass is 10.1. The van der Waals surface area contributed by atoms with Crippen molar-refractivity contribution in [2.45, 2.75) is 25.8 Å². The Labute approximate surface area is 111 Å². The lowest BCUT2D eigenvalue weighted by Crippen LogP contribution is -2.34. The summed E-state index contributed by atoms with van der Waals surface area (Å²) in [7, 11) is 0. The van der Waals surface area contributed by atoms with E-state index in [0.717, 1.165) is 17.7 Å². The van der Waals surface area contributed by atoms with Crippen LogP contribution in [0.25, 0.3) is 0 Å². The molecular weight excluding hydrogens is 242 g/mol. The van der Waals surface area contributed by atoms with E-state index < -0.39 is 0 Å². The number of amides is 1. The molecule has 1 amide bonds. The normalized spacial score (nSPS) is 14.5. The van der Waals surface area contributed by atoms with E-state index in [-0.39, 0.29) is 11.9 Å². The van der Waals surface area contributed by atoms with Gasteiger partial charge in [0, 0.05) is 10.9 Å². The fraction of sp³-hybridized carbons (Fsp3) is 0.267. The summed E-state index contributed by atoms with van der Waals surface area (Å²) in [4.78, 5) is 14.0. The molecule has 1 aromatic carbocycles. The van der Waals surface area contributed by atoms with Crippen LogP contribution in [0.3, 0.4) is 0 Å². The third-order valence-corrected chi connectivity index (χ3v) is 4.35. The second-order valence-electron chi connectivity index (χ2n) is 4.76. The summed E-state index contributed by atoms with van der Waals surface area (Å²) in [6.45, 7) is 2.02. The van der Waals surface area contributed by atoms with Gasteiger partial charge in [0.25, 0.3) is 5.91 Å². The van der Waals surface area contributed by atoms with Crippen LogP contribution in [-0.2, 0) is 12.8 Å². The van der Waals surface area contributed by atoms with Crippen molar-refractivity contribution < 1.29 is 4.79 Å². The molecule has 0 saturated carbocycles. The maximum Gasteiger partial charge on any atom is 0.261 e. The fourth-order valence-corrected chi connectivity index (χ4v) is 3.24. The molecular formula is C15H15NOS.